The van der Waals surface area contributed by atoms with Crippen LogP contribution in [0.25, 0.3) is 10.9 Å². The Bertz CT molecular complexity index is 1000. The Morgan fingerprint density at radius 3 is 2.56 bits per heavy atom. The van der Waals surface area contributed by atoms with Crippen LogP contribution in [-0.2, 0) is 4.79 Å². The monoisotopic (exact) mass is 331 g/mol. The van der Waals surface area contributed by atoms with Crippen molar-refractivity contribution in [3.63, 3.8) is 0 Å². The van der Waals surface area contributed by atoms with Crippen molar-refractivity contribution in [1.29, 1.82) is 5.26 Å². The number of rotatable bonds is 3. The molecule has 0 radical (unpaired) electrons. The topological polar surface area (TPSA) is 92.1 Å². The summed E-state index contributed by atoms with van der Waals surface area (Å²) in [7, 11) is 0. The van der Waals surface area contributed by atoms with Gasteiger partial charge in [-0.3, -0.25) is 14.6 Å². The number of fused-ring (bicyclic) bond motifs is 1. The number of nitriles is 1. The van der Waals surface area contributed by atoms with Crippen molar-refractivity contribution in [3.05, 3.63) is 65.9 Å². The van der Waals surface area contributed by atoms with E-state index in [0.717, 1.165) is 5.39 Å². The zero-order valence-electron chi connectivity index (χ0n) is 13.3. The molecule has 6 nitrogen and oxygen atoms in total. The van der Waals surface area contributed by atoms with Crippen LogP contribution in [0.15, 0.2) is 54.7 Å². The Kier molecular flexibility index (Phi) is 4.40. The van der Waals surface area contributed by atoms with Crippen LogP contribution < -0.4 is 10.1 Å². The zero-order chi connectivity index (χ0) is 17.8. The molecule has 6 heteroatoms. The summed E-state index contributed by atoms with van der Waals surface area (Å²) < 4.78 is 5.25. The number of anilines is 1. The van der Waals surface area contributed by atoms with E-state index in [1.54, 1.807) is 48.7 Å². The molecule has 0 saturated heterocycles. The average molecular weight is 331 g/mol. The number of nitrogens with one attached hydrogen (secondary N) is 1. The Labute approximate surface area is 143 Å². The van der Waals surface area contributed by atoms with Gasteiger partial charge in [-0.15, -0.1) is 0 Å². The highest BCUT2D eigenvalue weighted by atomic mass is 16.5. The second-order valence-electron chi connectivity index (χ2n) is 5.25. The van der Waals surface area contributed by atoms with Crippen LogP contribution in [0.3, 0.4) is 0 Å². The van der Waals surface area contributed by atoms with Crippen molar-refractivity contribution < 1.29 is 14.3 Å². The van der Waals surface area contributed by atoms with Crippen molar-refractivity contribution in [1.82, 2.24) is 4.98 Å². The van der Waals surface area contributed by atoms with Crippen LogP contribution in [-0.4, -0.2) is 16.9 Å². The molecule has 0 bridgehead atoms. The Hall–Kier alpha value is -3.72. The fraction of sp³-hybridized carbons (Fsp3) is 0.0526. The fourth-order valence-corrected chi connectivity index (χ4v) is 2.37. The molecule has 25 heavy (non-hydrogen) atoms. The quantitative estimate of drug-likeness (QED) is 0.587. The minimum Gasteiger partial charge on any atom is -0.424 e. The highest BCUT2D eigenvalue weighted by Gasteiger charge is 2.18. The van der Waals surface area contributed by atoms with Gasteiger partial charge >= 0.3 is 5.97 Å². The molecule has 3 aromatic rings. The molecule has 1 heterocycles. The zero-order valence-corrected chi connectivity index (χ0v) is 13.3. The van der Waals surface area contributed by atoms with Gasteiger partial charge in [-0.2, -0.15) is 5.26 Å². The molecule has 0 saturated carbocycles. The van der Waals surface area contributed by atoms with Gasteiger partial charge in [-0.05, 0) is 36.4 Å². The first kappa shape index (κ1) is 16.1. The first-order valence-electron chi connectivity index (χ1n) is 7.46. The molecular weight excluding hydrogens is 318 g/mol. The van der Waals surface area contributed by atoms with E-state index in [0.29, 0.717) is 16.8 Å². The van der Waals surface area contributed by atoms with E-state index >= 15 is 0 Å². The molecule has 0 spiro atoms. The lowest BCUT2D eigenvalue weighted by atomic mass is 10.1. The third-order valence-corrected chi connectivity index (χ3v) is 3.49. The maximum absolute atomic E-state index is 12.6. The van der Waals surface area contributed by atoms with Gasteiger partial charge in [0, 0.05) is 24.2 Å². The predicted molar refractivity (Wildman–Crippen MR) is 92.2 cm³/mol. The molecule has 0 aliphatic rings. The maximum Gasteiger partial charge on any atom is 0.308 e. The largest absolute Gasteiger partial charge is 0.424 e. The SMILES string of the molecule is CC(=O)Oc1c(C(=O)Nc2ccc(C#N)cc2)ccc2cccnc12. The van der Waals surface area contributed by atoms with Crippen molar-refractivity contribution >= 4 is 28.5 Å². The molecule has 0 aliphatic heterocycles. The predicted octanol–water partition coefficient (Wildman–Crippen LogP) is 3.28. The summed E-state index contributed by atoms with van der Waals surface area (Å²) in [6, 6.07) is 15.4. The van der Waals surface area contributed by atoms with Gasteiger partial charge in [-0.1, -0.05) is 12.1 Å². The van der Waals surface area contributed by atoms with Crippen LogP contribution in [0.1, 0.15) is 22.8 Å². The van der Waals surface area contributed by atoms with E-state index in [-0.39, 0.29) is 11.3 Å². The van der Waals surface area contributed by atoms with E-state index in [2.05, 4.69) is 10.3 Å². The number of pyridine rings is 1. The molecule has 1 N–H and O–H groups in total. The third-order valence-electron chi connectivity index (χ3n) is 3.49. The summed E-state index contributed by atoms with van der Waals surface area (Å²) in [6.45, 7) is 1.27. The van der Waals surface area contributed by atoms with Gasteiger partial charge < -0.3 is 10.1 Å². The van der Waals surface area contributed by atoms with Gasteiger partial charge in [0.2, 0.25) is 0 Å². The number of hydrogen-bond acceptors (Lipinski definition) is 5. The van der Waals surface area contributed by atoms with Gasteiger partial charge in [0.25, 0.3) is 5.91 Å². The van der Waals surface area contributed by atoms with Gasteiger partial charge in [0.15, 0.2) is 5.75 Å². The first-order valence-corrected chi connectivity index (χ1v) is 7.46. The van der Waals surface area contributed by atoms with Gasteiger partial charge in [0.05, 0.1) is 17.2 Å². The van der Waals surface area contributed by atoms with Crippen LogP contribution >= 0.6 is 0 Å². The first-order chi connectivity index (χ1) is 12.1. The number of esters is 1. The molecule has 0 atom stereocenters. The molecular formula is C19H13N3O3. The van der Waals surface area contributed by atoms with Gasteiger partial charge in [-0.25, -0.2) is 0 Å². The van der Waals surface area contributed by atoms with Crippen LogP contribution in [0.4, 0.5) is 5.69 Å². The normalized spacial score (nSPS) is 10.1. The standard InChI is InChI=1S/C19H13N3O3/c1-12(23)25-18-16(9-6-14-3-2-10-21-17(14)18)19(24)22-15-7-4-13(11-20)5-8-15/h2-10H,1H3,(H,22,24). The van der Waals surface area contributed by atoms with E-state index in [1.807, 2.05) is 12.1 Å². The molecule has 0 fully saturated rings. The lowest BCUT2D eigenvalue weighted by Crippen LogP contribution is -2.15. The lowest BCUT2D eigenvalue weighted by Gasteiger charge is -2.12. The average Bonchev–Trinajstić information content (AvgIpc) is 2.62. The second kappa shape index (κ2) is 6.81. The van der Waals surface area contributed by atoms with Crippen LogP contribution in [0.5, 0.6) is 5.75 Å². The van der Waals surface area contributed by atoms with E-state index < -0.39 is 11.9 Å². The number of ether oxygens (including phenoxy) is 1. The summed E-state index contributed by atoms with van der Waals surface area (Å²) in [4.78, 5) is 28.3. The smallest absolute Gasteiger partial charge is 0.308 e. The number of carbonyl (C=O) groups excluding carboxylic acids is 2. The molecule has 1 amide bonds. The number of aromatic nitrogens is 1. The Morgan fingerprint density at radius 1 is 1.12 bits per heavy atom. The number of nitrogens with zero attached hydrogens (tertiary/aromatic N) is 2. The molecule has 1 aromatic heterocycles. The maximum atomic E-state index is 12.6. The van der Waals surface area contributed by atoms with Gasteiger partial charge in [0.1, 0.15) is 5.52 Å². The fourth-order valence-electron chi connectivity index (χ4n) is 2.37. The molecule has 3 rings (SSSR count). The number of benzene rings is 2. The van der Waals surface area contributed by atoms with E-state index in [4.69, 9.17) is 10.00 Å². The van der Waals surface area contributed by atoms with Crippen molar-refractivity contribution in [3.8, 4) is 11.8 Å². The Morgan fingerprint density at radius 2 is 1.88 bits per heavy atom. The van der Waals surface area contributed by atoms with Crippen LogP contribution in [0.2, 0.25) is 0 Å². The summed E-state index contributed by atoms with van der Waals surface area (Å²) in [5, 5.41) is 12.3. The van der Waals surface area contributed by atoms with Crippen LogP contribution in [0, 0.1) is 11.3 Å². The highest BCUT2D eigenvalue weighted by Crippen LogP contribution is 2.29. The molecule has 0 aliphatic carbocycles. The number of hydrogen-bond donors (Lipinski definition) is 1. The van der Waals surface area contributed by atoms with E-state index in [1.165, 1.54) is 6.92 Å². The van der Waals surface area contributed by atoms with Crippen molar-refractivity contribution in [2.75, 3.05) is 5.32 Å². The molecule has 2 aromatic carbocycles. The minimum atomic E-state index is -0.537. The highest BCUT2D eigenvalue weighted by molar-refractivity contribution is 6.10. The number of carbonyl (C=O) groups is 2. The summed E-state index contributed by atoms with van der Waals surface area (Å²) >= 11 is 0. The Balaban J connectivity index is 1.99. The third kappa shape index (κ3) is 3.46. The second-order valence-corrected chi connectivity index (χ2v) is 5.25. The minimum absolute atomic E-state index is 0.122. The molecule has 0 unspecified atom stereocenters. The number of amides is 1. The summed E-state index contributed by atoms with van der Waals surface area (Å²) in [5.41, 5.74) is 1.66. The summed E-state index contributed by atoms with van der Waals surface area (Å²) in [5.74, 6) is -0.851. The molecule has 122 valence electrons. The van der Waals surface area contributed by atoms with Crippen molar-refractivity contribution in [2.45, 2.75) is 6.92 Å². The van der Waals surface area contributed by atoms with E-state index in [9.17, 15) is 9.59 Å². The summed E-state index contributed by atoms with van der Waals surface area (Å²) in [6.07, 6.45) is 1.57. The lowest BCUT2D eigenvalue weighted by molar-refractivity contribution is -0.131. The van der Waals surface area contributed by atoms with Crippen molar-refractivity contribution in [2.24, 2.45) is 0 Å².